The maximum Gasteiger partial charge on any atom is 0.418 e. The Morgan fingerprint density at radius 1 is 0.978 bits per heavy atom. The zero-order valence-electron chi connectivity index (χ0n) is 23.7. The summed E-state index contributed by atoms with van der Waals surface area (Å²) in [5, 5.41) is 18.6. The number of rotatable bonds is 9. The van der Waals surface area contributed by atoms with Gasteiger partial charge in [0, 0.05) is 66.8 Å². The Hall–Kier alpha value is -4.33. The molecule has 1 amide bonds. The highest BCUT2D eigenvalue weighted by Gasteiger charge is 2.38. The van der Waals surface area contributed by atoms with Gasteiger partial charge in [0.1, 0.15) is 29.9 Å². The molecule has 1 atom stereocenters. The van der Waals surface area contributed by atoms with Crippen LogP contribution in [0.5, 0.6) is 0 Å². The minimum Gasteiger partial charge on any atom is -0.382 e. The molecule has 0 spiro atoms. The van der Waals surface area contributed by atoms with Gasteiger partial charge >= 0.3 is 6.18 Å². The lowest BCUT2D eigenvalue weighted by Gasteiger charge is -2.41. The first-order chi connectivity index (χ1) is 21.4. The molecule has 5 rings (SSSR count). The van der Waals surface area contributed by atoms with Gasteiger partial charge in [0.15, 0.2) is 0 Å². The number of nitrogens with one attached hydrogen (secondary N) is 1. The Morgan fingerprint density at radius 3 is 2.42 bits per heavy atom. The van der Waals surface area contributed by atoms with Crippen LogP contribution in [0.4, 0.5) is 33.3 Å². The summed E-state index contributed by atoms with van der Waals surface area (Å²) in [5.74, 6) is -2.34. The average molecular weight is 647 g/mol. The van der Waals surface area contributed by atoms with E-state index in [1.165, 1.54) is 47.7 Å². The van der Waals surface area contributed by atoms with Crippen LogP contribution in [0.25, 0.3) is 6.08 Å². The number of carbonyl (C=O) groups excluding carboxylic acids is 1. The van der Waals surface area contributed by atoms with Crippen molar-refractivity contribution in [2.75, 3.05) is 42.9 Å². The first-order valence-electron chi connectivity index (χ1n) is 13.8. The van der Waals surface area contributed by atoms with Crippen LogP contribution in [0.2, 0.25) is 5.02 Å². The number of benzene rings is 3. The van der Waals surface area contributed by atoms with Gasteiger partial charge in [-0.2, -0.15) is 18.3 Å². The van der Waals surface area contributed by atoms with E-state index in [4.69, 9.17) is 11.6 Å². The number of halogens is 6. The van der Waals surface area contributed by atoms with Crippen LogP contribution >= 0.6 is 11.6 Å². The lowest BCUT2D eigenvalue weighted by molar-refractivity contribution is -0.137. The van der Waals surface area contributed by atoms with E-state index in [0.29, 0.717) is 16.7 Å². The number of β-amino-alcohol motifs (C(OH)–C–C–N with tert-alkyl or cyclic N) is 1. The number of hydrogen-bond acceptors (Lipinski definition) is 6. The third-order valence-electron chi connectivity index (χ3n) is 7.37. The Labute approximate surface area is 260 Å². The van der Waals surface area contributed by atoms with Crippen molar-refractivity contribution in [2.24, 2.45) is 0 Å². The van der Waals surface area contributed by atoms with Crippen molar-refractivity contribution < 1.29 is 31.9 Å². The molecule has 3 aromatic carbocycles. The lowest BCUT2D eigenvalue weighted by Crippen LogP contribution is -2.52. The van der Waals surface area contributed by atoms with Crippen molar-refractivity contribution in [1.29, 1.82) is 0 Å². The molecule has 2 heterocycles. The van der Waals surface area contributed by atoms with Crippen LogP contribution in [0, 0.1) is 11.6 Å². The molecule has 8 nitrogen and oxygen atoms in total. The second-order valence-electron chi connectivity index (χ2n) is 10.6. The van der Waals surface area contributed by atoms with E-state index in [1.807, 2.05) is 0 Å². The number of aromatic nitrogens is 3. The maximum absolute atomic E-state index is 14.8. The van der Waals surface area contributed by atoms with Gasteiger partial charge in [0.05, 0.1) is 12.1 Å². The van der Waals surface area contributed by atoms with Crippen LogP contribution in [0.15, 0.2) is 79.4 Å². The zero-order chi connectivity index (χ0) is 32.2. The predicted molar refractivity (Wildman–Crippen MR) is 159 cm³/mol. The molecule has 14 heteroatoms. The monoisotopic (exact) mass is 646 g/mol. The van der Waals surface area contributed by atoms with Crippen LogP contribution in [0.1, 0.15) is 16.7 Å². The quantitative estimate of drug-likeness (QED) is 0.182. The molecule has 0 saturated carbocycles. The van der Waals surface area contributed by atoms with Gasteiger partial charge in [-0.05, 0) is 48.0 Å². The van der Waals surface area contributed by atoms with E-state index in [1.54, 1.807) is 34.1 Å². The Bertz CT molecular complexity index is 1680. The van der Waals surface area contributed by atoms with Gasteiger partial charge in [-0.15, -0.1) is 0 Å². The van der Waals surface area contributed by atoms with Crippen LogP contribution in [-0.4, -0.2) is 63.4 Å². The van der Waals surface area contributed by atoms with Gasteiger partial charge in [0.25, 0.3) is 0 Å². The number of anilines is 2. The van der Waals surface area contributed by atoms with Crippen molar-refractivity contribution in [1.82, 2.24) is 19.7 Å². The van der Waals surface area contributed by atoms with E-state index in [0.717, 1.165) is 12.1 Å². The predicted octanol–water partition coefficient (Wildman–Crippen LogP) is 5.59. The molecule has 45 heavy (non-hydrogen) atoms. The third kappa shape index (κ3) is 8.04. The molecule has 0 radical (unpaired) electrons. The summed E-state index contributed by atoms with van der Waals surface area (Å²) >= 11 is 5.94. The molecule has 0 bridgehead atoms. The minimum absolute atomic E-state index is 0.0232. The lowest BCUT2D eigenvalue weighted by atomic mass is 9.92. The first kappa shape index (κ1) is 32.1. The van der Waals surface area contributed by atoms with E-state index in [9.17, 15) is 31.9 Å². The summed E-state index contributed by atoms with van der Waals surface area (Å²) < 4.78 is 72.3. The summed E-state index contributed by atoms with van der Waals surface area (Å²) in [5.41, 5.74) is -2.32. The second kappa shape index (κ2) is 13.3. The van der Waals surface area contributed by atoms with Gasteiger partial charge in [-0.3, -0.25) is 9.69 Å². The summed E-state index contributed by atoms with van der Waals surface area (Å²) in [6, 6.07) is 13.2. The normalized spacial score (nSPS) is 15.8. The van der Waals surface area contributed by atoms with Crippen molar-refractivity contribution >= 4 is 35.0 Å². The SMILES string of the molecule is O=C(/C=C/c1cccc(Cl)c1)Nc1ccc(N2CCN(CC(O)(Cn3cncn3)c3ccc(F)cc3F)CC2)c(C(F)(F)F)c1. The van der Waals surface area contributed by atoms with E-state index < -0.39 is 34.9 Å². The number of amides is 1. The van der Waals surface area contributed by atoms with Gasteiger partial charge in [0.2, 0.25) is 5.91 Å². The summed E-state index contributed by atoms with van der Waals surface area (Å²) in [7, 11) is 0. The molecule has 1 aromatic heterocycles. The summed E-state index contributed by atoms with van der Waals surface area (Å²) in [6.45, 7) is 0.544. The molecule has 1 unspecified atom stereocenters. The fourth-order valence-electron chi connectivity index (χ4n) is 5.27. The molecular weight excluding hydrogens is 619 g/mol. The number of aliphatic hydroxyl groups is 1. The highest BCUT2D eigenvalue weighted by atomic mass is 35.5. The minimum atomic E-state index is -4.71. The number of nitrogens with zero attached hydrogens (tertiary/aromatic N) is 5. The fraction of sp³-hybridized carbons (Fsp3) is 0.258. The van der Waals surface area contributed by atoms with Crippen LogP contribution in [-0.2, 0) is 23.1 Å². The van der Waals surface area contributed by atoms with E-state index >= 15 is 0 Å². The van der Waals surface area contributed by atoms with E-state index in [2.05, 4.69) is 15.4 Å². The highest BCUT2D eigenvalue weighted by molar-refractivity contribution is 6.30. The van der Waals surface area contributed by atoms with Crippen molar-refractivity contribution in [3.8, 4) is 0 Å². The van der Waals surface area contributed by atoms with E-state index in [-0.39, 0.29) is 56.2 Å². The molecule has 0 aliphatic carbocycles. The number of piperazine rings is 1. The molecule has 1 fully saturated rings. The number of hydrogen-bond donors (Lipinski definition) is 2. The molecule has 4 aromatic rings. The van der Waals surface area contributed by atoms with Crippen molar-refractivity contribution in [3.63, 3.8) is 0 Å². The molecule has 1 aliphatic heterocycles. The molecule has 2 N–H and O–H groups in total. The highest BCUT2D eigenvalue weighted by Crippen LogP contribution is 2.39. The molecular formula is C31H28ClF5N6O2. The number of alkyl halides is 3. The van der Waals surface area contributed by atoms with Crippen LogP contribution in [0.3, 0.4) is 0 Å². The van der Waals surface area contributed by atoms with Gasteiger partial charge in [-0.1, -0.05) is 29.8 Å². The van der Waals surface area contributed by atoms with Crippen LogP contribution < -0.4 is 10.2 Å². The smallest absolute Gasteiger partial charge is 0.382 e. The molecule has 236 valence electrons. The topological polar surface area (TPSA) is 86.5 Å². The summed E-state index contributed by atoms with van der Waals surface area (Å²) in [6.07, 6.45) is 0.602. The van der Waals surface area contributed by atoms with Crippen molar-refractivity contribution in [2.45, 2.75) is 18.3 Å². The Balaban J connectivity index is 1.28. The second-order valence-corrected chi connectivity index (χ2v) is 11.1. The van der Waals surface area contributed by atoms with Gasteiger partial charge in [-0.25, -0.2) is 18.4 Å². The largest absolute Gasteiger partial charge is 0.418 e. The Kier molecular flexibility index (Phi) is 9.51. The summed E-state index contributed by atoms with van der Waals surface area (Å²) in [4.78, 5) is 19.6. The fourth-order valence-corrected chi connectivity index (χ4v) is 5.47. The standard InChI is InChI=1S/C31H28ClF5N6O2/c32-22-3-1-2-21(14-22)4-9-29(44)40-24-6-8-28(26(16-24)31(35,36)37)42-12-10-41(11-13-42)17-30(45,18-43-20-38-19-39-43)25-7-5-23(33)15-27(25)34/h1-9,14-16,19-20,45H,10-13,17-18H2,(H,40,44)/b9-4+. The maximum atomic E-state index is 14.8. The zero-order valence-corrected chi connectivity index (χ0v) is 24.4. The first-order valence-corrected chi connectivity index (χ1v) is 14.2. The average Bonchev–Trinajstić information content (AvgIpc) is 3.49. The molecule has 1 aliphatic rings. The van der Waals surface area contributed by atoms with Gasteiger partial charge < -0.3 is 15.3 Å². The molecule has 1 saturated heterocycles. The third-order valence-corrected chi connectivity index (χ3v) is 7.60. The van der Waals surface area contributed by atoms with Crippen molar-refractivity contribution in [3.05, 3.63) is 113 Å². The Morgan fingerprint density at radius 2 is 1.76 bits per heavy atom. The number of carbonyl (C=O) groups is 1.